The lowest BCUT2D eigenvalue weighted by Gasteiger charge is -1.95. The van der Waals surface area contributed by atoms with E-state index in [1.807, 2.05) is 6.92 Å². The predicted octanol–water partition coefficient (Wildman–Crippen LogP) is 1.26. The van der Waals surface area contributed by atoms with E-state index < -0.39 is 0 Å². The van der Waals surface area contributed by atoms with Gasteiger partial charge in [-0.25, -0.2) is 0 Å². The molecule has 0 aliphatic carbocycles. The van der Waals surface area contributed by atoms with Crippen molar-refractivity contribution in [3.8, 4) is 0 Å². The van der Waals surface area contributed by atoms with E-state index in [0.717, 1.165) is 23.6 Å². The molecule has 1 rings (SSSR count). The van der Waals surface area contributed by atoms with E-state index in [1.54, 1.807) is 12.4 Å². The monoisotopic (exact) mass is 154 g/mol. The van der Waals surface area contributed by atoms with Gasteiger partial charge in [0, 0.05) is 18.8 Å². The first-order chi connectivity index (χ1) is 4.83. The van der Waals surface area contributed by atoms with Gasteiger partial charge in [0.1, 0.15) is 0 Å². The second-order valence-electron chi connectivity index (χ2n) is 2.12. The average molecular weight is 154 g/mol. The first-order valence-corrected chi connectivity index (χ1v) is 3.84. The zero-order chi connectivity index (χ0) is 7.40. The molecule has 1 aromatic heterocycles. The molecular formula is C7H10N2S. The molecule has 0 saturated heterocycles. The fourth-order valence-corrected chi connectivity index (χ4v) is 0.892. The van der Waals surface area contributed by atoms with E-state index in [2.05, 4.69) is 22.6 Å². The van der Waals surface area contributed by atoms with Gasteiger partial charge >= 0.3 is 0 Å². The molecule has 0 aromatic carbocycles. The van der Waals surface area contributed by atoms with Crippen LogP contribution in [0.3, 0.4) is 0 Å². The number of hydrogen-bond donors (Lipinski definition) is 1. The molecule has 0 aliphatic rings. The maximum atomic E-state index is 4.16. The van der Waals surface area contributed by atoms with Crippen LogP contribution in [0.15, 0.2) is 12.4 Å². The van der Waals surface area contributed by atoms with Crippen LogP contribution in [-0.2, 0) is 6.42 Å². The summed E-state index contributed by atoms with van der Waals surface area (Å²) in [5.74, 6) is 0.831. The summed E-state index contributed by atoms with van der Waals surface area (Å²) in [4.78, 5) is 8.26. The van der Waals surface area contributed by atoms with Crippen molar-refractivity contribution >= 4 is 12.6 Å². The van der Waals surface area contributed by atoms with Gasteiger partial charge in [-0.05, 0) is 12.7 Å². The van der Waals surface area contributed by atoms with Crippen LogP contribution in [0.4, 0.5) is 0 Å². The SMILES string of the molecule is Cc1cnc(CCS)cn1. The molecule has 1 heterocycles. The van der Waals surface area contributed by atoms with E-state index in [-0.39, 0.29) is 0 Å². The fraction of sp³-hybridized carbons (Fsp3) is 0.429. The molecule has 0 N–H and O–H groups in total. The van der Waals surface area contributed by atoms with E-state index in [4.69, 9.17) is 0 Å². The molecule has 0 bridgehead atoms. The number of rotatable bonds is 2. The first kappa shape index (κ1) is 7.54. The zero-order valence-electron chi connectivity index (χ0n) is 5.91. The van der Waals surface area contributed by atoms with Crippen LogP contribution in [0, 0.1) is 6.92 Å². The molecule has 0 aliphatic heterocycles. The quantitative estimate of drug-likeness (QED) is 0.649. The molecule has 0 fully saturated rings. The lowest BCUT2D eigenvalue weighted by molar-refractivity contribution is 0.986. The lowest BCUT2D eigenvalue weighted by Crippen LogP contribution is -1.93. The van der Waals surface area contributed by atoms with Crippen LogP contribution in [0.5, 0.6) is 0 Å². The van der Waals surface area contributed by atoms with Crippen molar-refractivity contribution in [3.05, 3.63) is 23.8 Å². The zero-order valence-corrected chi connectivity index (χ0v) is 6.80. The van der Waals surface area contributed by atoms with Gasteiger partial charge in [-0.15, -0.1) is 0 Å². The van der Waals surface area contributed by atoms with E-state index >= 15 is 0 Å². The molecule has 1 aromatic rings. The Morgan fingerprint density at radius 3 is 2.70 bits per heavy atom. The molecule has 54 valence electrons. The van der Waals surface area contributed by atoms with Gasteiger partial charge < -0.3 is 0 Å². The molecule has 0 spiro atoms. The Kier molecular flexibility index (Phi) is 2.68. The van der Waals surface area contributed by atoms with Crippen LogP contribution >= 0.6 is 12.6 Å². The van der Waals surface area contributed by atoms with Gasteiger partial charge in [0.25, 0.3) is 0 Å². The third-order valence-electron chi connectivity index (χ3n) is 1.20. The summed E-state index contributed by atoms with van der Waals surface area (Å²) in [5.41, 5.74) is 1.98. The Bertz CT molecular complexity index is 195. The highest BCUT2D eigenvalue weighted by Crippen LogP contribution is 1.95. The molecule has 10 heavy (non-hydrogen) atoms. The van der Waals surface area contributed by atoms with Crippen molar-refractivity contribution in [2.24, 2.45) is 0 Å². The van der Waals surface area contributed by atoms with Gasteiger partial charge in [0.2, 0.25) is 0 Å². The lowest BCUT2D eigenvalue weighted by atomic mass is 10.3. The Morgan fingerprint density at radius 2 is 2.20 bits per heavy atom. The summed E-state index contributed by atoms with van der Waals surface area (Å²) in [6, 6.07) is 0. The van der Waals surface area contributed by atoms with Crippen LogP contribution < -0.4 is 0 Å². The summed E-state index contributed by atoms with van der Waals surface area (Å²) in [6.45, 7) is 1.93. The fourth-order valence-electron chi connectivity index (χ4n) is 0.663. The Morgan fingerprint density at radius 1 is 1.40 bits per heavy atom. The summed E-state index contributed by atoms with van der Waals surface area (Å²) in [5, 5.41) is 0. The molecule has 0 radical (unpaired) electrons. The number of hydrogen-bond acceptors (Lipinski definition) is 3. The minimum atomic E-state index is 0.831. The topological polar surface area (TPSA) is 25.8 Å². The van der Waals surface area contributed by atoms with Gasteiger partial charge in [0.05, 0.1) is 11.4 Å². The first-order valence-electron chi connectivity index (χ1n) is 3.21. The summed E-state index contributed by atoms with van der Waals surface area (Å²) in [7, 11) is 0. The molecule has 0 unspecified atom stereocenters. The maximum absolute atomic E-state index is 4.16. The maximum Gasteiger partial charge on any atom is 0.0595 e. The number of thiol groups is 1. The van der Waals surface area contributed by atoms with Gasteiger partial charge in [-0.1, -0.05) is 0 Å². The van der Waals surface area contributed by atoms with E-state index in [0.29, 0.717) is 0 Å². The van der Waals surface area contributed by atoms with Crippen molar-refractivity contribution in [1.82, 2.24) is 9.97 Å². The Balaban J connectivity index is 2.69. The second-order valence-corrected chi connectivity index (χ2v) is 2.57. The third kappa shape index (κ3) is 1.99. The molecule has 0 saturated carbocycles. The summed E-state index contributed by atoms with van der Waals surface area (Å²) >= 11 is 4.09. The summed E-state index contributed by atoms with van der Waals surface area (Å²) < 4.78 is 0. The number of nitrogens with zero attached hydrogens (tertiary/aromatic N) is 2. The predicted molar refractivity (Wildman–Crippen MR) is 44.3 cm³/mol. The van der Waals surface area contributed by atoms with E-state index in [1.165, 1.54) is 0 Å². The third-order valence-corrected chi connectivity index (χ3v) is 1.43. The van der Waals surface area contributed by atoms with E-state index in [9.17, 15) is 0 Å². The minimum Gasteiger partial charge on any atom is -0.258 e. The molecule has 0 atom stereocenters. The second kappa shape index (κ2) is 3.56. The van der Waals surface area contributed by atoms with Crippen molar-refractivity contribution in [2.45, 2.75) is 13.3 Å². The van der Waals surface area contributed by atoms with Crippen molar-refractivity contribution in [1.29, 1.82) is 0 Å². The van der Waals surface area contributed by atoms with Gasteiger partial charge in [0.15, 0.2) is 0 Å². The minimum absolute atomic E-state index is 0.831. The highest BCUT2D eigenvalue weighted by atomic mass is 32.1. The number of aryl methyl sites for hydroxylation is 2. The van der Waals surface area contributed by atoms with Crippen LogP contribution in [0.25, 0.3) is 0 Å². The number of aromatic nitrogens is 2. The highest BCUT2D eigenvalue weighted by Gasteiger charge is 1.91. The normalized spacial score (nSPS) is 9.80. The van der Waals surface area contributed by atoms with Crippen molar-refractivity contribution in [3.63, 3.8) is 0 Å². The van der Waals surface area contributed by atoms with Gasteiger partial charge in [-0.3, -0.25) is 9.97 Å². The summed E-state index contributed by atoms with van der Waals surface area (Å²) in [6.07, 6.45) is 4.47. The van der Waals surface area contributed by atoms with Crippen LogP contribution in [0.1, 0.15) is 11.4 Å². The standard InChI is InChI=1S/C7H10N2S/c1-6-4-9-7(2-3-10)5-8-6/h4-5,10H,2-3H2,1H3. The van der Waals surface area contributed by atoms with Crippen LogP contribution in [-0.4, -0.2) is 15.7 Å². The van der Waals surface area contributed by atoms with Crippen molar-refractivity contribution < 1.29 is 0 Å². The molecule has 0 amide bonds. The Labute approximate surface area is 66.1 Å². The Hall–Kier alpha value is -0.570. The molecule has 3 heteroatoms. The largest absolute Gasteiger partial charge is 0.258 e. The molecular weight excluding hydrogens is 144 g/mol. The molecule has 2 nitrogen and oxygen atoms in total. The van der Waals surface area contributed by atoms with Gasteiger partial charge in [-0.2, -0.15) is 12.6 Å². The van der Waals surface area contributed by atoms with Crippen LogP contribution in [0.2, 0.25) is 0 Å². The average Bonchev–Trinajstić information content (AvgIpc) is 1.95. The van der Waals surface area contributed by atoms with Crippen molar-refractivity contribution in [2.75, 3.05) is 5.75 Å². The smallest absolute Gasteiger partial charge is 0.0595 e. The highest BCUT2D eigenvalue weighted by molar-refractivity contribution is 7.80.